The van der Waals surface area contributed by atoms with Crippen molar-refractivity contribution in [3.63, 3.8) is 0 Å². The molecular formula is C28H25N7OS. The SMILES string of the molecule is c1cc2[nH]c(-c3[nH]nc4ncc(-c5cncc(OCCN6CCCC6)c5)cc34)cc2c(-c2ccsc2)n1. The zero-order valence-corrected chi connectivity index (χ0v) is 21.0. The number of aromatic nitrogens is 6. The Morgan fingerprint density at radius 1 is 0.946 bits per heavy atom. The number of thiophene rings is 1. The maximum atomic E-state index is 6.02. The van der Waals surface area contributed by atoms with E-state index in [2.05, 4.69) is 64.0 Å². The van der Waals surface area contributed by atoms with Gasteiger partial charge in [-0.3, -0.25) is 20.0 Å². The van der Waals surface area contributed by atoms with Crippen LogP contribution in [0.4, 0.5) is 0 Å². The highest BCUT2D eigenvalue weighted by atomic mass is 32.1. The van der Waals surface area contributed by atoms with E-state index < -0.39 is 0 Å². The topological polar surface area (TPSA) is 95.6 Å². The maximum absolute atomic E-state index is 6.02. The predicted molar refractivity (Wildman–Crippen MR) is 147 cm³/mol. The molecule has 0 aromatic carbocycles. The highest BCUT2D eigenvalue weighted by Gasteiger charge is 2.16. The highest BCUT2D eigenvalue weighted by Crippen LogP contribution is 2.34. The molecule has 0 aliphatic carbocycles. The molecule has 0 amide bonds. The van der Waals surface area contributed by atoms with Crippen LogP contribution in [0, 0.1) is 0 Å². The van der Waals surface area contributed by atoms with Crippen molar-refractivity contribution >= 4 is 33.3 Å². The summed E-state index contributed by atoms with van der Waals surface area (Å²) in [4.78, 5) is 19.7. The molecule has 0 atom stereocenters. The largest absolute Gasteiger partial charge is 0.491 e. The van der Waals surface area contributed by atoms with E-state index in [0.717, 1.165) is 62.4 Å². The van der Waals surface area contributed by atoms with Crippen molar-refractivity contribution in [1.29, 1.82) is 0 Å². The second-order valence-electron chi connectivity index (χ2n) is 9.32. The molecule has 0 saturated carbocycles. The average molecular weight is 508 g/mol. The zero-order chi connectivity index (χ0) is 24.6. The molecular weight excluding hydrogens is 482 g/mol. The van der Waals surface area contributed by atoms with Crippen LogP contribution in [-0.2, 0) is 0 Å². The number of rotatable bonds is 7. The molecule has 37 heavy (non-hydrogen) atoms. The van der Waals surface area contributed by atoms with Gasteiger partial charge >= 0.3 is 0 Å². The van der Waals surface area contributed by atoms with Gasteiger partial charge < -0.3 is 9.72 Å². The van der Waals surface area contributed by atoms with E-state index in [9.17, 15) is 0 Å². The zero-order valence-electron chi connectivity index (χ0n) is 20.1. The van der Waals surface area contributed by atoms with Gasteiger partial charge in [0.15, 0.2) is 5.65 Å². The Morgan fingerprint density at radius 3 is 2.76 bits per heavy atom. The third-order valence-corrected chi connectivity index (χ3v) is 7.63. The van der Waals surface area contributed by atoms with E-state index in [1.165, 1.54) is 25.9 Å². The number of fused-ring (bicyclic) bond motifs is 2. The van der Waals surface area contributed by atoms with Gasteiger partial charge in [-0.05, 0) is 61.6 Å². The summed E-state index contributed by atoms with van der Waals surface area (Å²) in [6, 6.07) is 10.4. The third kappa shape index (κ3) is 4.26. The van der Waals surface area contributed by atoms with Crippen LogP contribution < -0.4 is 4.74 Å². The van der Waals surface area contributed by atoms with Crippen LogP contribution in [0.2, 0.25) is 0 Å². The average Bonchev–Trinajstić information content (AvgIpc) is 3.74. The summed E-state index contributed by atoms with van der Waals surface area (Å²) < 4.78 is 6.02. The summed E-state index contributed by atoms with van der Waals surface area (Å²) in [6.07, 6.45) is 9.86. The number of nitrogens with zero attached hydrogens (tertiary/aromatic N) is 5. The lowest BCUT2D eigenvalue weighted by molar-refractivity contribution is 0.237. The number of ether oxygens (including phenoxy) is 1. The minimum atomic E-state index is 0.664. The van der Waals surface area contributed by atoms with Crippen molar-refractivity contribution in [3.05, 3.63) is 65.9 Å². The first kappa shape index (κ1) is 22.1. The number of pyridine rings is 3. The van der Waals surface area contributed by atoms with Gasteiger partial charge in [0.2, 0.25) is 0 Å². The number of nitrogens with one attached hydrogen (secondary N) is 2. The van der Waals surface area contributed by atoms with Crippen LogP contribution in [0.3, 0.4) is 0 Å². The van der Waals surface area contributed by atoms with Gasteiger partial charge in [-0.2, -0.15) is 16.4 Å². The molecule has 9 heteroatoms. The van der Waals surface area contributed by atoms with Crippen LogP contribution in [-0.4, -0.2) is 61.3 Å². The summed E-state index contributed by atoms with van der Waals surface area (Å²) in [5, 5.41) is 13.8. The Balaban J connectivity index is 1.20. The minimum absolute atomic E-state index is 0.664. The van der Waals surface area contributed by atoms with Crippen molar-refractivity contribution in [1.82, 2.24) is 35.0 Å². The molecule has 0 bridgehead atoms. The van der Waals surface area contributed by atoms with Gasteiger partial charge in [-0.25, -0.2) is 4.98 Å². The monoisotopic (exact) mass is 507 g/mol. The van der Waals surface area contributed by atoms with Crippen LogP contribution >= 0.6 is 11.3 Å². The molecule has 1 aliphatic rings. The maximum Gasteiger partial charge on any atom is 0.181 e. The standard InChI is InChI=1S/C28H25N7OS/c1-2-7-35(6-1)8-9-36-21-11-19(14-29-16-21)20-12-23-27(33-34-28(23)31-15-20)25-13-22-24(32-25)3-5-30-26(22)18-4-10-37-17-18/h3-5,10-17,32H,1-2,6-9H2,(H,31,33,34). The first-order valence-electron chi connectivity index (χ1n) is 12.5. The van der Waals surface area contributed by atoms with E-state index in [-0.39, 0.29) is 0 Å². The molecule has 0 unspecified atom stereocenters. The Bertz CT molecular complexity index is 1680. The van der Waals surface area contributed by atoms with E-state index in [0.29, 0.717) is 12.3 Å². The second kappa shape index (κ2) is 9.42. The Labute approximate surface area is 217 Å². The number of H-pyrrole nitrogens is 2. The minimum Gasteiger partial charge on any atom is -0.491 e. The van der Waals surface area contributed by atoms with E-state index >= 15 is 0 Å². The van der Waals surface area contributed by atoms with E-state index in [4.69, 9.17) is 4.74 Å². The van der Waals surface area contributed by atoms with Gasteiger partial charge in [0, 0.05) is 63.5 Å². The first-order valence-corrected chi connectivity index (χ1v) is 13.4. The molecule has 6 aromatic heterocycles. The van der Waals surface area contributed by atoms with Gasteiger partial charge in [-0.15, -0.1) is 0 Å². The Morgan fingerprint density at radius 2 is 1.86 bits per heavy atom. The van der Waals surface area contributed by atoms with Crippen LogP contribution in [0.15, 0.2) is 65.9 Å². The van der Waals surface area contributed by atoms with Crippen LogP contribution in [0.5, 0.6) is 5.75 Å². The van der Waals surface area contributed by atoms with Crippen molar-refractivity contribution in [2.45, 2.75) is 12.8 Å². The fourth-order valence-corrected chi connectivity index (χ4v) is 5.68. The molecule has 0 spiro atoms. The lowest BCUT2D eigenvalue weighted by atomic mass is 10.1. The molecule has 1 aliphatic heterocycles. The second-order valence-corrected chi connectivity index (χ2v) is 10.1. The van der Waals surface area contributed by atoms with Crippen molar-refractivity contribution in [3.8, 4) is 39.5 Å². The fraction of sp³-hybridized carbons (Fsp3) is 0.214. The number of aromatic amines is 2. The van der Waals surface area contributed by atoms with Gasteiger partial charge in [0.1, 0.15) is 12.4 Å². The smallest absolute Gasteiger partial charge is 0.181 e. The summed E-state index contributed by atoms with van der Waals surface area (Å²) in [5.74, 6) is 0.772. The normalized spacial score (nSPS) is 14.2. The lowest BCUT2D eigenvalue weighted by Gasteiger charge is -2.15. The molecule has 8 nitrogen and oxygen atoms in total. The van der Waals surface area contributed by atoms with Crippen molar-refractivity contribution < 1.29 is 4.74 Å². The molecule has 0 radical (unpaired) electrons. The van der Waals surface area contributed by atoms with Crippen molar-refractivity contribution in [2.75, 3.05) is 26.2 Å². The molecule has 1 saturated heterocycles. The highest BCUT2D eigenvalue weighted by molar-refractivity contribution is 7.08. The number of hydrogen-bond acceptors (Lipinski definition) is 7. The summed E-state index contributed by atoms with van der Waals surface area (Å²) in [5.41, 5.74) is 7.54. The molecule has 7 rings (SSSR count). The number of likely N-dealkylation sites (tertiary alicyclic amines) is 1. The number of hydrogen-bond donors (Lipinski definition) is 2. The summed E-state index contributed by atoms with van der Waals surface area (Å²) in [6.45, 7) is 3.95. The summed E-state index contributed by atoms with van der Waals surface area (Å²) in [7, 11) is 0. The van der Waals surface area contributed by atoms with Gasteiger partial charge in [0.05, 0.1) is 23.3 Å². The van der Waals surface area contributed by atoms with Gasteiger partial charge in [0.25, 0.3) is 0 Å². The predicted octanol–water partition coefficient (Wildman–Crippen LogP) is 5.77. The first-order chi connectivity index (χ1) is 18.3. The third-order valence-electron chi connectivity index (χ3n) is 6.94. The molecule has 6 aromatic rings. The van der Waals surface area contributed by atoms with E-state index in [1.807, 2.05) is 30.7 Å². The molecule has 2 N–H and O–H groups in total. The van der Waals surface area contributed by atoms with Crippen LogP contribution in [0.1, 0.15) is 12.8 Å². The molecule has 184 valence electrons. The molecule has 7 heterocycles. The van der Waals surface area contributed by atoms with E-state index in [1.54, 1.807) is 17.5 Å². The summed E-state index contributed by atoms with van der Waals surface area (Å²) >= 11 is 1.67. The quantitative estimate of drug-likeness (QED) is 0.285. The van der Waals surface area contributed by atoms with Gasteiger partial charge in [-0.1, -0.05) is 0 Å². The van der Waals surface area contributed by atoms with Crippen LogP contribution in [0.25, 0.3) is 55.7 Å². The Kier molecular flexibility index (Phi) is 5.64. The molecule has 1 fully saturated rings. The Hall–Kier alpha value is -4.08. The van der Waals surface area contributed by atoms with Crippen molar-refractivity contribution in [2.24, 2.45) is 0 Å². The fourth-order valence-electron chi connectivity index (χ4n) is 5.04. The lowest BCUT2D eigenvalue weighted by Crippen LogP contribution is -2.25.